The second-order valence-corrected chi connectivity index (χ2v) is 4.91. The van der Waals surface area contributed by atoms with Gasteiger partial charge in [-0.2, -0.15) is 13.2 Å². The Morgan fingerprint density at radius 1 is 1.37 bits per heavy atom. The number of hydrogen-bond acceptors (Lipinski definition) is 3. The molecule has 0 aliphatic heterocycles. The van der Waals surface area contributed by atoms with Crippen LogP contribution in [0.3, 0.4) is 0 Å². The summed E-state index contributed by atoms with van der Waals surface area (Å²) in [7, 11) is 0. The molecule has 1 unspecified atom stereocenters. The van der Waals surface area contributed by atoms with Gasteiger partial charge in [-0.1, -0.05) is 6.07 Å². The number of hydrogen-bond donors (Lipinski definition) is 1. The topological polar surface area (TPSA) is 51.2 Å². The first kappa shape index (κ1) is 15.3. The van der Waals surface area contributed by atoms with Crippen LogP contribution in [0.25, 0.3) is 0 Å². The van der Waals surface area contributed by atoms with Crippen LogP contribution in [0.1, 0.15) is 32.4 Å². The van der Waals surface area contributed by atoms with E-state index in [0.29, 0.717) is 0 Å². The summed E-state index contributed by atoms with van der Waals surface area (Å²) in [6, 6.07) is 0.462. The lowest BCUT2D eigenvalue weighted by molar-refractivity contribution is -0.157. The third-order valence-electron chi connectivity index (χ3n) is 2.01. The van der Waals surface area contributed by atoms with Crippen LogP contribution in [0, 0.1) is 0 Å². The second-order valence-electron chi connectivity index (χ2n) is 4.91. The lowest BCUT2D eigenvalue weighted by atomic mass is 10.1. The van der Waals surface area contributed by atoms with Gasteiger partial charge in [-0.05, 0) is 26.8 Å². The van der Waals surface area contributed by atoms with Gasteiger partial charge in [0, 0.05) is 18.0 Å². The molecule has 1 N–H and O–H groups in total. The standard InChI is InChI=1S/C12H15F3N2O2/c1-11(2,3)19-10(18)17-9(12(13,14)15)8-5-4-6-16-7-8/h4-7,9H,1-3H3,(H,17,18). The lowest BCUT2D eigenvalue weighted by Gasteiger charge is -2.25. The third-order valence-corrected chi connectivity index (χ3v) is 2.01. The van der Waals surface area contributed by atoms with Gasteiger partial charge in [0.1, 0.15) is 5.60 Å². The van der Waals surface area contributed by atoms with Crippen molar-refractivity contribution in [1.29, 1.82) is 0 Å². The molecule has 0 spiro atoms. The molecule has 0 bridgehead atoms. The fourth-order valence-electron chi connectivity index (χ4n) is 1.33. The number of rotatable bonds is 2. The van der Waals surface area contributed by atoms with E-state index in [-0.39, 0.29) is 5.56 Å². The Morgan fingerprint density at radius 3 is 2.42 bits per heavy atom. The van der Waals surface area contributed by atoms with Gasteiger partial charge in [0.05, 0.1) is 0 Å². The van der Waals surface area contributed by atoms with E-state index < -0.39 is 23.9 Å². The molecular formula is C12H15F3N2O2. The molecular weight excluding hydrogens is 261 g/mol. The van der Waals surface area contributed by atoms with E-state index >= 15 is 0 Å². The number of aromatic nitrogens is 1. The highest BCUT2D eigenvalue weighted by Crippen LogP contribution is 2.32. The quantitative estimate of drug-likeness (QED) is 0.902. The molecule has 106 valence electrons. The Labute approximate surface area is 109 Å². The zero-order valence-electron chi connectivity index (χ0n) is 10.8. The van der Waals surface area contributed by atoms with Gasteiger partial charge in [-0.3, -0.25) is 4.98 Å². The van der Waals surface area contributed by atoms with Crippen molar-refractivity contribution in [2.75, 3.05) is 0 Å². The minimum Gasteiger partial charge on any atom is -0.444 e. The van der Waals surface area contributed by atoms with Crippen LogP contribution >= 0.6 is 0 Å². The van der Waals surface area contributed by atoms with Crippen LogP contribution < -0.4 is 5.32 Å². The van der Waals surface area contributed by atoms with E-state index in [1.807, 2.05) is 0 Å². The van der Waals surface area contributed by atoms with Crippen molar-refractivity contribution in [3.05, 3.63) is 30.1 Å². The average Bonchev–Trinajstić information content (AvgIpc) is 2.23. The van der Waals surface area contributed by atoms with Crippen molar-refractivity contribution in [3.63, 3.8) is 0 Å². The third kappa shape index (κ3) is 5.15. The first-order valence-electron chi connectivity index (χ1n) is 5.56. The van der Waals surface area contributed by atoms with Crippen LogP contribution in [0.15, 0.2) is 24.5 Å². The number of alkyl halides is 3. The van der Waals surface area contributed by atoms with E-state index in [0.717, 1.165) is 6.20 Å². The van der Waals surface area contributed by atoms with Crippen molar-refractivity contribution >= 4 is 6.09 Å². The lowest BCUT2D eigenvalue weighted by Crippen LogP contribution is -2.41. The van der Waals surface area contributed by atoms with Gasteiger partial charge in [0.15, 0.2) is 6.04 Å². The maximum absolute atomic E-state index is 12.9. The Hall–Kier alpha value is -1.79. The van der Waals surface area contributed by atoms with Crippen molar-refractivity contribution in [3.8, 4) is 0 Å². The number of amides is 1. The molecule has 4 nitrogen and oxygen atoms in total. The predicted octanol–water partition coefficient (Wildman–Crippen LogP) is 3.21. The summed E-state index contributed by atoms with van der Waals surface area (Å²) < 4.78 is 43.5. The Balaban J connectivity index is 2.87. The number of nitrogens with one attached hydrogen (secondary N) is 1. The fraction of sp³-hybridized carbons (Fsp3) is 0.500. The first-order valence-corrected chi connectivity index (χ1v) is 5.56. The average molecular weight is 276 g/mol. The molecule has 0 saturated heterocycles. The van der Waals surface area contributed by atoms with Crippen molar-refractivity contribution in [2.45, 2.75) is 38.6 Å². The molecule has 0 aliphatic rings. The predicted molar refractivity (Wildman–Crippen MR) is 62.4 cm³/mol. The van der Waals surface area contributed by atoms with Gasteiger partial charge in [0.2, 0.25) is 0 Å². The number of halogens is 3. The van der Waals surface area contributed by atoms with E-state index in [2.05, 4.69) is 4.98 Å². The van der Waals surface area contributed by atoms with Crippen LogP contribution in [0.4, 0.5) is 18.0 Å². The highest BCUT2D eigenvalue weighted by Gasteiger charge is 2.42. The maximum atomic E-state index is 12.9. The largest absolute Gasteiger partial charge is 0.444 e. The Bertz CT molecular complexity index is 427. The molecule has 7 heteroatoms. The monoisotopic (exact) mass is 276 g/mol. The number of carbonyl (C=O) groups excluding carboxylic acids is 1. The molecule has 1 aromatic rings. The summed E-state index contributed by atoms with van der Waals surface area (Å²) in [6.45, 7) is 4.71. The molecule has 19 heavy (non-hydrogen) atoms. The summed E-state index contributed by atoms with van der Waals surface area (Å²) in [5, 5.41) is 1.80. The van der Waals surface area contributed by atoms with Gasteiger partial charge >= 0.3 is 12.3 Å². The summed E-state index contributed by atoms with van der Waals surface area (Å²) in [5.74, 6) is 0. The van der Waals surface area contributed by atoms with Gasteiger partial charge in [-0.15, -0.1) is 0 Å². The van der Waals surface area contributed by atoms with Crippen LogP contribution in [-0.4, -0.2) is 22.9 Å². The van der Waals surface area contributed by atoms with Crippen molar-refractivity contribution < 1.29 is 22.7 Å². The summed E-state index contributed by atoms with van der Waals surface area (Å²) in [6.07, 6.45) is -3.35. The Kier molecular flexibility index (Phi) is 4.39. The smallest absolute Gasteiger partial charge is 0.413 e. The molecule has 0 fully saturated rings. The number of pyridine rings is 1. The van der Waals surface area contributed by atoms with Gasteiger partial charge in [-0.25, -0.2) is 4.79 Å². The van der Waals surface area contributed by atoms with Crippen LogP contribution in [0.2, 0.25) is 0 Å². The summed E-state index contributed by atoms with van der Waals surface area (Å²) in [5.41, 5.74) is -1.02. The highest BCUT2D eigenvalue weighted by atomic mass is 19.4. The maximum Gasteiger partial charge on any atom is 0.413 e. The fourth-order valence-corrected chi connectivity index (χ4v) is 1.33. The number of alkyl carbamates (subject to hydrolysis) is 1. The van der Waals surface area contributed by atoms with Crippen LogP contribution in [-0.2, 0) is 4.74 Å². The number of nitrogens with zero attached hydrogens (tertiary/aromatic N) is 1. The molecule has 1 atom stereocenters. The first-order chi connectivity index (χ1) is 8.59. The molecule has 0 saturated carbocycles. The molecule has 0 aliphatic carbocycles. The molecule has 1 amide bonds. The Morgan fingerprint density at radius 2 is 2.00 bits per heavy atom. The van der Waals surface area contributed by atoms with Crippen molar-refractivity contribution in [1.82, 2.24) is 10.3 Å². The van der Waals surface area contributed by atoms with Crippen LogP contribution in [0.5, 0.6) is 0 Å². The van der Waals surface area contributed by atoms with E-state index in [4.69, 9.17) is 4.74 Å². The van der Waals surface area contributed by atoms with Gasteiger partial charge < -0.3 is 10.1 Å². The molecule has 1 heterocycles. The van der Waals surface area contributed by atoms with E-state index in [1.54, 1.807) is 26.1 Å². The molecule has 1 rings (SSSR count). The molecule has 1 aromatic heterocycles. The SMILES string of the molecule is CC(C)(C)OC(=O)NC(c1cccnc1)C(F)(F)F. The normalized spacial score (nSPS) is 13.8. The number of carbonyl (C=O) groups is 1. The van der Waals surface area contributed by atoms with E-state index in [1.165, 1.54) is 18.3 Å². The van der Waals surface area contributed by atoms with E-state index in [9.17, 15) is 18.0 Å². The molecule has 0 radical (unpaired) electrons. The highest BCUT2D eigenvalue weighted by molar-refractivity contribution is 5.68. The summed E-state index contributed by atoms with van der Waals surface area (Å²) >= 11 is 0. The minimum absolute atomic E-state index is 0.152. The zero-order valence-corrected chi connectivity index (χ0v) is 10.8. The second kappa shape index (κ2) is 5.46. The zero-order chi connectivity index (χ0) is 14.7. The van der Waals surface area contributed by atoms with Crippen molar-refractivity contribution in [2.24, 2.45) is 0 Å². The minimum atomic E-state index is -4.63. The molecule has 0 aromatic carbocycles. The summed E-state index contributed by atoms with van der Waals surface area (Å²) in [4.78, 5) is 15.0. The number of ether oxygens (including phenoxy) is 1. The van der Waals surface area contributed by atoms with Gasteiger partial charge in [0.25, 0.3) is 0 Å².